The van der Waals surface area contributed by atoms with E-state index in [4.69, 9.17) is 0 Å². The molecule has 2 N–H and O–H groups in total. The first kappa shape index (κ1) is 18.6. The van der Waals surface area contributed by atoms with Gasteiger partial charge in [0.1, 0.15) is 5.75 Å². The molecule has 0 bridgehead atoms. The molecule has 1 aromatic carbocycles. The number of aryl methyl sites for hydroxylation is 1. The van der Waals surface area contributed by atoms with Gasteiger partial charge in [0.25, 0.3) is 0 Å². The number of fused-ring (bicyclic) bond motifs is 5. The summed E-state index contributed by atoms with van der Waals surface area (Å²) in [5.74, 6) is 3.26. The molecule has 4 aliphatic rings. The zero-order chi connectivity index (χ0) is 19.4. The average molecular weight is 395 g/mol. The first-order valence-corrected chi connectivity index (χ1v) is 11.8. The van der Waals surface area contributed by atoms with Crippen LogP contribution in [0.2, 0.25) is 0 Å². The predicted molar refractivity (Wildman–Crippen MR) is 116 cm³/mol. The van der Waals surface area contributed by atoms with Crippen molar-refractivity contribution in [3.63, 3.8) is 0 Å². The van der Waals surface area contributed by atoms with E-state index in [-0.39, 0.29) is 5.41 Å². The fraction of sp³-hybridized carbons (Fsp3) is 0.520. The third-order valence-electron chi connectivity index (χ3n) is 8.20. The standard InChI is InChI=1S/C25H30O2S/c1-24-11-9-21-20-7-5-19(26)15-18(20)4-6-22(21)23(24)10-13-25(24,27)12-8-17-3-2-14-28-16-17/h2-3,5,7-8,12,15-16,21-23,26-27H,4,6,9-11,13-14H2,1H3/b12-8+/t21?,22?,23?,24?,25-/m0/s1. The summed E-state index contributed by atoms with van der Waals surface area (Å²) in [6, 6.07) is 5.98. The number of rotatable bonds is 2. The quantitative estimate of drug-likeness (QED) is 0.674. The summed E-state index contributed by atoms with van der Waals surface area (Å²) in [5.41, 5.74) is 3.26. The van der Waals surface area contributed by atoms with E-state index in [0.29, 0.717) is 23.5 Å². The number of hydrogen-bond acceptors (Lipinski definition) is 3. The van der Waals surface area contributed by atoms with E-state index >= 15 is 0 Å². The summed E-state index contributed by atoms with van der Waals surface area (Å²) in [4.78, 5) is 0. The van der Waals surface area contributed by atoms with Gasteiger partial charge in [-0.1, -0.05) is 37.3 Å². The molecule has 5 rings (SSSR count). The molecule has 1 aliphatic heterocycles. The highest BCUT2D eigenvalue weighted by molar-refractivity contribution is 8.02. The molecule has 28 heavy (non-hydrogen) atoms. The van der Waals surface area contributed by atoms with Crippen LogP contribution in [0.3, 0.4) is 0 Å². The lowest BCUT2D eigenvalue weighted by Crippen LogP contribution is -2.49. The largest absolute Gasteiger partial charge is 0.508 e. The third kappa shape index (κ3) is 2.81. The fourth-order valence-corrected chi connectivity index (χ4v) is 7.30. The van der Waals surface area contributed by atoms with Gasteiger partial charge in [0.2, 0.25) is 0 Å². The highest BCUT2D eigenvalue weighted by Crippen LogP contribution is 2.64. The summed E-state index contributed by atoms with van der Waals surface area (Å²) >= 11 is 1.82. The third-order valence-corrected chi connectivity index (χ3v) is 9.02. The highest BCUT2D eigenvalue weighted by Gasteiger charge is 2.60. The van der Waals surface area contributed by atoms with Crippen molar-refractivity contribution < 1.29 is 10.2 Å². The Kier molecular flexibility index (Phi) is 4.52. The Morgan fingerprint density at radius 1 is 1.18 bits per heavy atom. The number of aromatic hydroxyl groups is 1. The van der Waals surface area contributed by atoms with Crippen molar-refractivity contribution in [3.05, 3.63) is 64.6 Å². The molecule has 0 saturated heterocycles. The first-order valence-electron chi connectivity index (χ1n) is 10.7. The molecule has 1 aromatic rings. The Hall–Kier alpha value is -1.45. The Morgan fingerprint density at radius 2 is 2.07 bits per heavy atom. The maximum absolute atomic E-state index is 11.7. The van der Waals surface area contributed by atoms with Crippen LogP contribution in [0.5, 0.6) is 5.75 Å². The van der Waals surface area contributed by atoms with Crippen LogP contribution >= 0.6 is 11.8 Å². The Bertz CT molecular complexity index is 869. The summed E-state index contributed by atoms with van der Waals surface area (Å²) < 4.78 is 0. The van der Waals surface area contributed by atoms with Crippen LogP contribution in [0.4, 0.5) is 0 Å². The number of benzene rings is 1. The summed E-state index contributed by atoms with van der Waals surface area (Å²) in [7, 11) is 0. The van der Waals surface area contributed by atoms with Gasteiger partial charge in [0, 0.05) is 11.2 Å². The Labute approximate surface area is 172 Å². The van der Waals surface area contributed by atoms with Gasteiger partial charge in [-0.3, -0.25) is 0 Å². The van der Waals surface area contributed by atoms with Crippen LogP contribution in [0, 0.1) is 17.3 Å². The zero-order valence-corrected chi connectivity index (χ0v) is 17.4. The summed E-state index contributed by atoms with van der Waals surface area (Å²) in [6.45, 7) is 2.34. The average Bonchev–Trinajstić information content (AvgIpc) is 2.98. The molecule has 4 unspecified atom stereocenters. The molecule has 1 heterocycles. The maximum atomic E-state index is 11.7. The molecule has 0 amide bonds. The van der Waals surface area contributed by atoms with Crippen LogP contribution in [0.15, 0.2) is 53.5 Å². The molecular formula is C25H30O2S. The number of aliphatic hydroxyl groups is 1. The van der Waals surface area contributed by atoms with Gasteiger partial charge in [-0.05, 0) is 90.5 Å². The van der Waals surface area contributed by atoms with Gasteiger partial charge in [-0.2, -0.15) is 0 Å². The molecule has 0 aromatic heterocycles. The van der Waals surface area contributed by atoms with Gasteiger partial charge in [0.05, 0.1) is 5.60 Å². The van der Waals surface area contributed by atoms with E-state index in [1.54, 1.807) is 0 Å². The van der Waals surface area contributed by atoms with Crippen molar-refractivity contribution in [2.75, 3.05) is 5.75 Å². The summed E-state index contributed by atoms with van der Waals surface area (Å²) in [5, 5.41) is 23.8. The van der Waals surface area contributed by atoms with E-state index in [0.717, 1.165) is 37.9 Å². The smallest absolute Gasteiger partial charge is 0.115 e. The topological polar surface area (TPSA) is 40.5 Å². The molecule has 2 fully saturated rings. The van der Waals surface area contributed by atoms with Crippen molar-refractivity contribution in [3.8, 4) is 5.75 Å². The molecule has 3 aliphatic carbocycles. The van der Waals surface area contributed by atoms with E-state index in [2.05, 4.69) is 42.7 Å². The molecule has 148 valence electrons. The molecular weight excluding hydrogens is 364 g/mol. The van der Waals surface area contributed by atoms with Gasteiger partial charge >= 0.3 is 0 Å². The van der Waals surface area contributed by atoms with E-state index < -0.39 is 5.60 Å². The van der Waals surface area contributed by atoms with Crippen LogP contribution in [-0.4, -0.2) is 21.6 Å². The number of allylic oxidation sites excluding steroid dienone is 3. The van der Waals surface area contributed by atoms with Crippen LogP contribution in [0.25, 0.3) is 0 Å². The van der Waals surface area contributed by atoms with Gasteiger partial charge in [0.15, 0.2) is 0 Å². The second-order valence-corrected chi connectivity index (χ2v) is 10.3. The lowest BCUT2D eigenvalue weighted by Gasteiger charge is -2.52. The minimum absolute atomic E-state index is 0.0365. The lowest BCUT2D eigenvalue weighted by atomic mass is 9.53. The van der Waals surface area contributed by atoms with Gasteiger partial charge in [-0.25, -0.2) is 0 Å². The highest BCUT2D eigenvalue weighted by atomic mass is 32.2. The molecule has 0 radical (unpaired) electrons. The number of thioether (sulfide) groups is 1. The van der Waals surface area contributed by atoms with Crippen molar-refractivity contribution >= 4 is 11.8 Å². The fourth-order valence-electron chi connectivity index (χ4n) is 6.65. The monoisotopic (exact) mass is 394 g/mol. The maximum Gasteiger partial charge on any atom is 0.115 e. The molecule has 2 nitrogen and oxygen atoms in total. The van der Waals surface area contributed by atoms with E-state index in [1.807, 2.05) is 23.9 Å². The van der Waals surface area contributed by atoms with E-state index in [1.165, 1.54) is 23.1 Å². The second-order valence-electron chi connectivity index (χ2n) is 9.40. The lowest BCUT2D eigenvalue weighted by molar-refractivity contribution is -0.0709. The molecule has 2 saturated carbocycles. The number of phenols is 1. The van der Waals surface area contributed by atoms with Crippen molar-refractivity contribution in [1.82, 2.24) is 0 Å². The number of hydrogen-bond donors (Lipinski definition) is 2. The van der Waals surface area contributed by atoms with E-state index in [9.17, 15) is 10.2 Å². The predicted octanol–water partition coefficient (Wildman–Crippen LogP) is 5.72. The van der Waals surface area contributed by atoms with Gasteiger partial charge < -0.3 is 10.2 Å². The molecule has 0 spiro atoms. The van der Waals surface area contributed by atoms with Crippen LogP contribution < -0.4 is 0 Å². The SMILES string of the molecule is CC12CCC3c4ccc(O)cc4CCC3C1CC[C@@]2(O)/C=C/C1=CSCC=C1. The number of phenolic OH excluding ortho intramolecular Hbond substituents is 1. The molecule has 5 atom stereocenters. The van der Waals surface area contributed by atoms with Crippen LogP contribution in [-0.2, 0) is 6.42 Å². The first-order chi connectivity index (χ1) is 13.5. The second kappa shape index (κ2) is 6.81. The van der Waals surface area contributed by atoms with Crippen LogP contribution in [0.1, 0.15) is 56.1 Å². The summed E-state index contributed by atoms with van der Waals surface area (Å²) in [6.07, 6.45) is 15.1. The van der Waals surface area contributed by atoms with Gasteiger partial charge in [-0.15, -0.1) is 11.8 Å². The minimum atomic E-state index is -0.700. The van der Waals surface area contributed by atoms with Crippen molar-refractivity contribution in [1.29, 1.82) is 0 Å². The minimum Gasteiger partial charge on any atom is -0.508 e. The Morgan fingerprint density at radius 3 is 2.89 bits per heavy atom. The zero-order valence-electron chi connectivity index (χ0n) is 16.6. The van der Waals surface area contributed by atoms with Crippen molar-refractivity contribution in [2.24, 2.45) is 17.3 Å². The normalized spacial score (nSPS) is 39.4. The molecule has 3 heteroatoms. The Balaban J connectivity index is 1.42. The van der Waals surface area contributed by atoms with Crippen molar-refractivity contribution in [2.45, 2.75) is 57.0 Å².